The fourth-order valence-electron chi connectivity index (χ4n) is 11.0. The standard InChI is InChI=1S/C63H98N18O13S/c1-37(2)33-45(57(89)74-41(53(68)85)27-32-95-3)73-52(84)36-72-54(86)46(34-38-15-6-4-7-16-38)78-58(90)47(35-39-17-8-5-9-18-39)79-56(88)42(23-25-50(66)82)75-55(87)43(24-26-51(67)83)76-59(91)49-22-14-31-81(49)62(94)44(20-10-11-28-64)77-60(92)48-21-13-30-80(48)61(93)40(65)19-12-29-71-63(69)70/h4-9,15-18,37,40-49H,10-14,19-36,64-65H2,1-3H3,(H2,66,82)(H2,67,83)(H2,68,85)(H,72,86)(H,73,84)(H,74,89)(H,75,87)(H,76,91)(H,77,92)(H,78,90)(H,79,88)(H4,69,70,71)/t40-,41-,42-,43-,44-,45-,46+,47-,48+,49+/m0/s1. The highest BCUT2D eigenvalue weighted by molar-refractivity contribution is 7.98. The highest BCUT2D eigenvalue weighted by Gasteiger charge is 2.42. The van der Waals surface area contributed by atoms with Crippen molar-refractivity contribution in [3.05, 3.63) is 71.8 Å². The van der Waals surface area contributed by atoms with Crippen LogP contribution in [0.5, 0.6) is 0 Å². The molecular weight excluding hydrogens is 1250 g/mol. The molecule has 2 saturated heterocycles. The molecule has 95 heavy (non-hydrogen) atoms. The van der Waals surface area contributed by atoms with E-state index in [-0.39, 0.29) is 83.0 Å². The topological polar surface area (TPSA) is 519 Å². The van der Waals surface area contributed by atoms with Crippen molar-refractivity contribution >= 4 is 94.5 Å². The van der Waals surface area contributed by atoms with Gasteiger partial charge in [0.2, 0.25) is 76.8 Å². The average Bonchev–Trinajstić information content (AvgIpc) is 1.74. The van der Waals surface area contributed by atoms with Gasteiger partial charge in [-0.05, 0) is 119 Å². The van der Waals surface area contributed by atoms with E-state index >= 15 is 0 Å². The molecule has 22 N–H and O–H groups in total. The van der Waals surface area contributed by atoms with Crippen molar-refractivity contribution in [2.45, 2.75) is 183 Å². The van der Waals surface area contributed by atoms with E-state index in [4.69, 9.17) is 40.1 Å². The highest BCUT2D eigenvalue weighted by atomic mass is 32.2. The zero-order chi connectivity index (χ0) is 70.1. The summed E-state index contributed by atoms with van der Waals surface area (Å²) in [5.41, 5.74) is 40.6. The molecule has 2 heterocycles. The number of carbonyl (C=O) groups excluding carboxylic acids is 13. The number of nitrogens with zero attached hydrogens (tertiary/aromatic N) is 3. The number of carbonyl (C=O) groups is 13. The maximum Gasteiger partial charge on any atom is 0.245 e. The van der Waals surface area contributed by atoms with Gasteiger partial charge in [-0.3, -0.25) is 67.3 Å². The zero-order valence-electron chi connectivity index (χ0n) is 54.5. The third-order valence-electron chi connectivity index (χ3n) is 16.0. The van der Waals surface area contributed by atoms with Gasteiger partial charge in [0.1, 0.15) is 54.4 Å². The van der Waals surface area contributed by atoms with E-state index in [9.17, 15) is 62.3 Å². The number of amides is 13. The molecule has 524 valence electrons. The van der Waals surface area contributed by atoms with Crippen LogP contribution in [0.2, 0.25) is 0 Å². The molecule has 0 aliphatic carbocycles. The van der Waals surface area contributed by atoms with Gasteiger partial charge in [0.25, 0.3) is 0 Å². The minimum Gasteiger partial charge on any atom is -0.370 e. The van der Waals surface area contributed by atoms with E-state index < -0.39 is 169 Å². The number of nitrogens with two attached hydrogens (primary N) is 7. The first kappa shape index (κ1) is 78.5. The molecule has 0 radical (unpaired) electrons. The number of primary amides is 3. The largest absolute Gasteiger partial charge is 0.370 e. The predicted octanol–water partition coefficient (Wildman–Crippen LogP) is -3.71. The number of unbranched alkanes of at least 4 members (excludes halogenated alkanes) is 1. The predicted molar refractivity (Wildman–Crippen MR) is 356 cm³/mol. The van der Waals surface area contributed by atoms with Gasteiger partial charge >= 0.3 is 0 Å². The Bertz CT molecular complexity index is 2960. The van der Waals surface area contributed by atoms with Crippen LogP contribution in [-0.2, 0) is 75.2 Å². The first-order chi connectivity index (χ1) is 45.2. The Morgan fingerprint density at radius 3 is 1.51 bits per heavy atom. The van der Waals surface area contributed by atoms with Gasteiger partial charge in [-0.1, -0.05) is 74.5 Å². The molecule has 0 bridgehead atoms. The fraction of sp³-hybridized carbons (Fsp3) is 0.587. The maximum atomic E-state index is 14.7. The molecule has 2 aromatic rings. The van der Waals surface area contributed by atoms with Crippen LogP contribution in [0.3, 0.4) is 0 Å². The number of aliphatic imine (C=N–C) groups is 1. The summed E-state index contributed by atoms with van der Waals surface area (Å²) in [6.45, 7) is 3.86. The van der Waals surface area contributed by atoms with Crippen molar-refractivity contribution < 1.29 is 62.3 Å². The Kier molecular flexibility index (Phi) is 33.9. The Hall–Kier alpha value is -8.91. The number of hydrogen-bond donors (Lipinski definition) is 15. The normalized spacial score (nSPS) is 16.8. The summed E-state index contributed by atoms with van der Waals surface area (Å²) in [5, 5.41) is 21.1. The Morgan fingerprint density at radius 1 is 0.537 bits per heavy atom. The van der Waals surface area contributed by atoms with Gasteiger partial charge in [-0.2, -0.15) is 11.8 Å². The van der Waals surface area contributed by atoms with Crippen LogP contribution in [0.4, 0.5) is 0 Å². The molecule has 0 saturated carbocycles. The second-order valence-corrected chi connectivity index (χ2v) is 25.1. The Balaban J connectivity index is 1.56. The van der Waals surface area contributed by atoms with Gasteiger partial charge in [0, 0.05) is 45.3 Å². The van der Waals surface area contributed by atoms with Gasteiger partial charge < -0.3 is 92.5 Å². The number of likely N-dealkylation sites (tertiary alicyclic amines) is 2. The molecule has 31 nitrogen and oxygen atoms in total. The number of rotatable bonds is 42. The smallest absolute Gasteiger partial charge is 0.245 e. The lowest BCUT2D eigenvalue weighted by Gasteiger charge is -2.32. The van der Waals surface area contributed by atoms with Crippen molar-refractivity contribution in [3.8, 4) is 0 Å². The lowest BCUT2D eigenvalue weighted by molar-refractivity contribution is -0.144. The van der Waals surface area contributed by atoms with Crippen LogP contribution in [0.15, 0.2) is 65.7 Å². The van der Waals surface area contributed by atoms with Crippen LogP contribution in [0.1, 0.15) is 121 Å². The summed E-state index contributed by atoms with van der Waals surface area (Å²) in [6, 6.07) is 4.51. The molecule has 32 heteroatoms. The van der Waals surface area contributed by atoms with Crippen LogP contribution in [0, 0.1) is 5.92 Å². The molecular formula is C63H98N18O13S. The van der Waals surface area contributed by atoms with Gasteiger partial charge in [-0.25, -0.2) is 0 Å². The second kappa shape index (κ2) is 41.0. The number of hydrogen-bond acceptors (Lipinski definition) is 17. The third kappa shape index (κ3) is 27.5. The SMILES string of the molecule is CSCC[C@H](NC(=O)[C@H](CC(C)C)NC(=O)CNC(=O)[C@@H](Cc1ccccc1)NC(=O)[C@H](Cc1ccccc1)NC(=O)[C@H](CCC(N)=O)NC(=O)[C@H](CCC(N)=O)NC(=O)[C@H]1CCCN1C(=O)[C@H](CCCCN)NC(=O)[C@H]1CCCN1C(=O)[C@@H](N)CCCN=C(N)N)C(N)=O. The minimum absolute atomic E-state index is 0.0736. The molecule has 13 amide bonds. The summed E-state index contributed by atoms with van der Waals surface area (Å²) in [6.07, 6.45) is 3.12. The minimum atomic E-state index is -1.64. The van der Waals surface area contributed by atoms with E-state index in [0.29, 0.717) is 55.4 Å². The summed E-state index contributed by atoms with van der Waals surface area (Å²) in [5.74, 6) is -9.80. The average molecular weight is 1350 g/mol. The number of thioether (sulfide) groups is 1. The van der Waals surface area contributed by atoms with Gasteiger partial charge in [0.05, 0.1) is 12.6 Å². The summed E-state index contributed by atoms with van der Waals surface area (Å²) in [7, 11) is 0. The molecule has 0 spiro atoms. The van der Waals surface area contributed by atoms with Crippen molar-refractivity contribution in [1.29, 1.82) is 0 Å². The lowest BCUT2D eigenvalue weighted by Crippen LogP contribution is -2.60. The van der Waals surface area contributed by atoms with Gasteiger partial charge in [0.15, 0.2) is 5.96 Å². The van der Waals surface area contributed by atoms with Gasteiger partial charge in [-0.15, -0.1) is 0 Å². The highest BCUT2D eigenvalue weighted by Crippen LogP contribution is 2.24. The van der Waals surface area contributed by atoms with E-state index in [1.807, 2.05) is 20.1 Å². The zero-order valence-corrected chi connectivity index (χ0v) is 55.3. The third-order valence-corrected chi connectivity index (χ3v) is 16.7. The molecule has 2 fully saturated rings. The summed E-state index contributed by atoms with van der Waals surface area (Å²) in [4.78, 5) is 185. The number of nitrogens with one attached hydrogen (secondary N) is 8. The molecule has 2 aromatic carbocycles. The monoisotopic (exact) mass is 1350 g/mol. The molecule has 2 aliphatic rings. The molecule has 0 aromatic heterocycles. The molecule has 2 aliphatic heterocycles. The van der Waals surface area contributed by atoms with Crippen molar-refractivity contribution in [3.63, 3.8) is 0 Å². The van der Waals surface area contributed by atoms with E-state index in [2.05, 4.69) is 47.5 Å². The Labute approximate surface area is 558 Å². The maximum absolute atomic E-state index is 14.7. The first-order valence-corrected chi connectivity index (χ1v) is 33.6. The fourth-order valence-corrected chi connectivity index (χ4v) is 11.5. The Morgan fingerprint density at radius 2 is 1.01 bits per heavy atom. The van der Waals surface area contributed by atoms with E-state index in [1.54, 1.807) is 60.7 Å². The van der Waals surface area contributed by atoms with Crippen molar-refractivity contribution in [2.75, 3.05) is 44.7 Å². The van der Waals surface area contributed by atoms with Crippen LogP contribution < -0.4 is 82.7 Å². The molecule has 10 atom stereocenters. The number of benzene rings is 2. The summed E-state index contributed by atoms with van der Waals surface area (Å²) >= 11 is 1.45. The van der Waals surface area contributed by atoms with Crippen LogP contribution >= 0.6 is 11.8 Å². The van der Waals surface area contributed by atoms with Crippen molar-refractivity contribution in [2.24, 2.45) is 51.0 Å². The quantitative estimate of drug-likeness (QED) is 0.0173. The molecule has 4 rings (SSSR count). The van der Waals surface area contributed by atoms with Crippen molar-refractivity contribution in [1.82, 2.24) is 52.3 Å². The van der Waals surface area contributed by atoms with Crippen LogP contribution in [-0.4, -0.2) is 198 Å². The van der Waals surface area contributed by atoms with Crippen LogP contribution in [0.25, 0.3) is 0 Å². The second-order valence-electron chi connectivity index (χ2n) is 24.1. The molecule has 0 unspecified atom stereocenters. The number of guanidine groups is 1. The first-order valence-electron chi connectivity index (χ1n) is 32.2. The summed E-state index contributed by atoms with van der Waals surface area (Å²) < 4.78 is 0. The van der Waals surface area contributed by atoms with E-state index in [0.717, 1.165) is 0 Å². The van der Waals surface area contributed by atoms with E-state index in [1.165, 1.54) is 21.6 Å². The lowest BCUT2D eigenvalue weighted by atomic mass is 10.0.